The van der Waals surface area contributed by atoms with Crippen molar-refractivity contribution in [2.45, 2.75) is 27.2 Å². The highest BCUT2D eigenvalue weighted by atomic mass is 35.5. The number of hydrogen-bond acceptors (Lipinski definition) is 2. The molecule has 1 aromatic rings. The zero-order valence-corrected chi connectivity index (χ0v) is 10.0. The summed E-state index contributed by atoms with van der Waals surface area (Å²) in [5.41, 5.74) is 3.10. The Morgan fingerprint density at radius 1 is 1.33 bits per heavy atom. The van der Waals surface area contributed by atoms with Gasteiger partial charge in [-0.2, -0.15) is 0 Å². The SMILES string of the molecule is CCOC(=O)Cc1cc(C)c(C)cc1Cl. The van der Waals surface area contributed by atoms with E-state index in [0.29, 0.717) is 11.6 Å². The van der Waals surface area contributed by atoms with E-state index >= 15 is 0 Å². The lowest BCUT2D eigenvalue weighted by Gasteiger charge is -2.07. The smallest absolute Gasteiger partial charge is 0.310 e. The first-order chi connectivity index (χ1) is 7.04. The molecule has 1 rings (SSSR count). The first kappa shape index (κ1) is 12.1. The Morgan fingerprint density at radius 2 is 1.93 bits per heavy atom. The number of carbonyl (C=O) groups is 1. The van der Waals surface area contributed by atoms with E-state index in [-0.39, 0.29) is 12.4 Å². The number of benzene rings is 1. The fourth-order valence-electron chi connectivity index (χ4n) is 1.34. The van der Waals surface area contributed by atoms with Crippen LogP contribution < -0.4 is 0 Å². The van der Waals surface area contributed by atoms with Gasteiger partial charge in [0.25, 0.3) is 0 Å². The molecule has 2 nitrogen and oxygen atoms in total. The monoisotopic (exact) mass is 226 g/mol. The molecular weight excluding hydrogens is 212 g/mol. The van der Waals surface area contributed by atoms with Gasteiger partial charge in [0.05, 0.1) is 13.0 Å². The molecule has 0 spiro atoms. The molecule has 0 saturated heterocycles. The first-order valence-corrected chi connectivity index (χ1v) is 5.33. The molecule has 0 unspecified atom stereocenters. The Kier molecular flexibility index (Phi) is 4.15. The highest BCUT2D eigenvalue weighted by Crippen LogP contribution is 2.21. The molecule has 0 bridgehead atoms. The summed E-state index contributed by atoms with van der Waals surface area (Å²) in [4.78, 5) is 11.3. The summed E-state index contributed by atoms with van der Waals surface area (Å²) in [6.07, 6.45) is 0.244. The van der Waals surface area contributed by atoms with Crippen LogP contribution in [0.5, 0.6) is 0 Å². The van der Waals surface area contributed by atoms with Crippen molar-refractivity contribution in [1.82, 2.24) is 0 Å². The van der Waals surface area contributed by atoms with Crippen molar-refractivity contribution in [3.8, 4) is 0 Å². The van der Waals surface area contributed by atoms with E-state index in [0.717, 1.165) is 16.7 Å². The predicted molar refractivity (Wildman–Crippen MR) is 61.3 cm³/mol. The third-order valence-electron chi connectivity index (χ3n) is 2.30. The third kappa shape index (κ3) is 3.24. The van der Waals surface area contributed by atoms with E-state index in [1.54, 1.807) is 6.92 Å². The van der Waals surface area contributed by atoms with Crippen LogP contribution in [0.25, 0.3) is 0 Å². The lowest BCUT2D eigenvalue weighted by atomic mass is 10.0. The number of esters is 1. The predicted octanol–water partition coefficient (Wildman–Crippen LogP) is 3.06. The lowest BCUT2D eigenvalue weighted by molar-refractivity contribution is -0.142. The molecule has 15 heavy (non-hydrogen) atoms. The van der Waals surface area contributed by atoms with E-state index in [1.807, 2.05) is 26.0 Å². The van der Waals surface area contributed by atoms with Crippen LogP contribution in [0.4, 0.5) is 0 Å². The summed E-state index contributed by atoms with van der Waals surface area (Å²) >= 11 is 6.04. The van der Waals surface area contributed by atoms with E-state index in [4.69, 9.17) is 16.3 Å². The van der Waals surface area contributed by atoms with Crippen molar-refractivity contribution in [2.75, 3.05) is 6.61 Å². The van der Waals surface area contributed by atoms with Crippen molar-refractivity contribution in [3.63, 3.8) is 0 Å². The van der Waals surface area contributed by atoms with Crippen molar-refractivity contribution in [2.24, 2.45) is 0 Å². The topological polar surface area (TPSA) is 26.3 Å². The van der Waals surface area contributed by atoms with Crippen LogP contribution in [0.2, 0.25) is 5.02 Å². The number of carbonyl (C=O) groups excluding carboxylic acids is 1. The second kappa shape index (κ2) is 5.17. The van der Waals surface area contributed by atoms with Crippen LogP contribution in [-0.2, 0) is 16.0 Å². The number of aryl methyl sites for hydroxylation is 2. The Balaban J connectivity index is 2.86. The van der Waals surface area contributed by atoms with Gasteiger partial charge in [-0.05, 0) is 43.5 Å². The van der Waals surface area contributed by atoms with Crippen molar-refractivity contribution in [3.05, 3.63) is 33.8 Å². The molecule has 0 fully saturated rings. The van der Waals surface area contributed by atoms with Gasteiger partial charge in [0.15, 0.2) is 0 Å². The molecule has 1 aromatic carbocycles. The maximum atomic E-state index is 11.3. The zero-order chi connectivity index (χ0) is 11.4. The number of hydrogen-bond donors (Lipinski definition) is 0. The Morgan fingerprint density at radius 3 is 2.53 bits per heavy atom. The quantitative estimate of drug-likeness (QED) is 0.741. The van der Waals surface area contributed by atoms with Crippen molar-refractivity contribution in [1.29, 1.82) is 0 Å². The van der Waals surface area contributed by atoms with Crippen LogP contribution in [0.15, 0.2) is 12.1 Å². The molecule has 0 aliphatic heterocycles. The highest BCUT2D eigenvalue weighted by Gasteiger charge is 2.09. The highest BCUT2D eigenvalue weighted by molar-refractivity contribution is 6.31. The summed E-state index contributed by atoms with van der Waals surface area (Å²) < 4.78 is 4.87. The largest absolute Gasteiger partial charge is 0.466 e. The second-order valence-electron chi connectivity index (χ2n) is 3.51. The molecule has 0 atom stereocenters. The molecular formula is C12H15ClO2. The minimum absolute atomic E-state index is 0.234. The van der Waals surface area contributed by atoms with Gasteiger partial charge in [-0.15, -0.1) is 0 Å². The fourth-order valence-corrected chi connectivity index (χ4v) is 1.63. The van der Waals surface area contributed by atoms with Gasteiger partial charge < -0.3 is 4.74 Å². The second-order valence-corrected chi connectivity index (χ2v) is 3.92. The fraction of sp³-hybridized carbons (Fsp3) is 0.417. The van der Waals surface area contributed by atoms with E-state index < -0.39 is 0 Å². The van der Waals surface area contributed by atoms with Gasteiger partial charge in [0.2, 0.25) is 0 Å². The summed E-state index contributed by atoms with van der Waals surface area (Å²) in [6.45, 7) is 6.19. The number of rotatable bonds is 3. The number of halogens is 1. The van der Waals surface area contributed by atoms with Crippen molar-refractivity contribution < 1.29 is 9.53 Å². The maximum absolute atomic E-state index is 11.3. The number of ether oxygens (including phenoxy) is 1. The van der Waals surface area contributed by atoms with Crippen LogP contribution in [0.1, 0.15) is 23.6 Å². The Labute approximate surface area is 95.2 Å². The average molecular weight is 227 g/mol. The standard InChI is InChI=1S/C12H15ClO2/c1-4-15-12(14)7-10-5-8(2)9(3)6-11(10)13/h5-6H,4,7H2,1-3H3. The van der Waals surface area contributed by atoms with E-state index in [1.165, 1.54) is 0 Å². The minimum Gasteiger partial charge on any atom is -0.466 e. The zero-order valence-electron chi connectivity index (χ0n) is 9.26. The third-order valence-corrected chi connectivity index (χ3v) is 2.65. The normalized spacial score (nSPS) is 10.1. The lowest BCUT2D eigenvalue weighted by Crippen LogP contribution is -2.08. The molecule has 82 valence electrons. The molecule has 0 radical (unpaired) electrons. The van der Waals surface area contributed by atoms with Gasteiger partial charge in [0, 0.05) is 5.02 Å². The van der Waals surface area contributed by atoms with Gasteiger partial charge in [-0.1, -0.05) is 17.7 Å². The van der Waals surface area contributed by atoms with E-state index in [9.17, 15) is 4.79 Å². The minimum atomic E-state index is -0.234. The van der Waals surface area contributed by atoms with Crippen LogP contribution >= 0.6 is 11.6 Å². The van der Waals surface area contributed by atoms with Gasteiger partial charge >= 0.3 is 5.97 Å². The molecule has 0 amide bonds. The molecule has 0 heterocycles. The Hall–Kier alpha value is -1.02. The van der Waals surface area contributed by atoms with Gasteiger partial charge in [-0.25, -0.2) is 0 Å². The summed E-state index contributed by atoms with van der Waals surface area (Å²) in [7, 11) is 0. The molecule has 0 N–H and O–H groups in total. The molecule has 0 aliphatic rings. The summed E-state index contributed by atoms with van der Waals surface area (Å²) in [5.74, 6) is -0.234. The molecule has 0 saturated carbocycles. The van der Waals surface area contributed by atoms with Crippen LogP contribution in [0.3, 0.4) is 0 Å². The maximum Gasteiger partial charge on any atom is 0.310 e. The summed E-state index contributed by atoms with van der Waals surface area (Å²) in [6, 6.07) is 3.82. The van der Waals surface area contributed by atoms with Crippen molar-refractivity contribution >= 4 is 17.6 Å². The van der Waals surface area contributed by atoms with Crippen LogP contribution in [0, 0.1) is 13.8 Å². The average Bonchev–Trinajstić information content (AvgIpc) is 2.14. The molecule has 0 aliphatic carbocycles. The van der Waals surface area contributed by atoms with Gasteiger partial charge in [0.1, 0.15) is 0 Å². The molecule has 0 aromatic heterocycles. The first-order valence-electron chi connectivity index (χ1n) is 4.95. The van der Waals surface area contributed by atoms with E-state index in [2.05, 4.69) is 0 Å². The Bertz CT molecular complexity index is 372. The summed E-state index contributed by atoms with van der Waals surface area (Å²) in [5, 5.41) is 0.631. The van der Waals surface area contributed by atoms with Crippen LogP contribution in [-0.4, -0.2) is 12.6 Å². The molecule has 3 heteroatoms. The van der Waals surface area contributed by atoms with Gasteiger partial charge in [-0.3, -0.25) is 4.79 Å².